The predicted octanol–water partition coefficient (Wildman–Crippen LogP) is 1.77. The van der Waals surface area contributed by atoms with Crippen molar-refractivity contribution in [3.63, 3.8) is 0 Å². The molecule has 3 heterocycles. The van der Waals surface area contributed by atoms with Crippen molar-refractivity contribution in [2.24, 2.45) is 0 Å². The molecule has 6 heteroatoms. The molecule has 2 aromatic heterocycles. The highest BCUT2D eigenvalue weighted by Crippen LogP contribution is 2.23. The van der Waals surface area contributed by atoms with E-state index in [4.69, 9.17) is 9.26 Å². The molecule has 1 aliphatic rings. The molecule has 1 saturated heterocycles. The molecule has 0 spiro atoms. The van der Waals surface area contributed by atoms with Gasteiger partial charge in [0, 0.05) is 25.0 Å². The first-order valence-corrected chi connectivity index (χ1v) is 6.84. The number of nitrogens with zero attached hydrogens (tertiary/aromatic N) is 2. The highest BCUT2D eigenvalue weighted by atomic mass is 32.1. The molecule has 18 heavy (non-hydrogen) atoms. The summed E-state index contributed by atoms with van der Waals surface area (Å²) in [7, 11) is 1.73. The van der Waals surface area contributed by atoms with Gasteiger partial charge in [-0.15, -0.1) is 11.3 Å². The monoisotopic (exact) mass is 265 g/mol. The van der Waals surface area contributed by atoms with E-state index in [9.17, 15) is 0 Å². The summed E-state index contributed by atoms with van der Waals surface area (Å²) in [5.74, 6) is 1.41. The van der Waals surface area contributed by atoms with Crippen LogP contribution in [0.15, 0.2) is 22.0 Å². The molecule has 2 atom stereocenters. The number of thiophene rings is 1. The molecular weight excluding hydrogens is 250 g/mol. The minimum atomic E-state index is 0.125. The summed E-state index contributed by atoms with van der Waals surface area (Å²) in [5, 5.41) is 9.41. The Morgan fingerprint density at radius 2 is 2.56 bits per heavy atom. The minimum absolute atomic E-state index is 0.125. The summed E-state index contributed by atoms with van der Waals surface area (Å²) in [6, 6.07) is 4.23. The molecule has 0 radical (unpaired) electrons. The maximum Gasteiger partial charge on any atom is 0.243 e. The van der Waals surface area contributed by atoms with Crippen LogP contribution in [-0.4, -0.2) is 29.9 Å². The van der Waals surface area contributed by atoms with Crippen molar-refractivity contribution in [2.45, 2.75) is 25.0 Å². The second kappa shape index (κ2) is 5.17. The van der Waals surface area contributed by atoms with E-state index < -0.39 is 0 Å². The van der Waals surface area contributed by atoms with Crippen molar-refractivity contribution in [3.8, 4) is 0 Å². The topological polar surface area (TPSA) is 60.2 Å². The van der Waals surface area contributed by atoms with Crippen LogP contribution in [-0.2, 0) is 11.2 Å². The van der Waals surface area contributed by atoms with Crippen molar-refractivity contribution < 1.29 is 9.26 Å². The van der Waals surface area contributed by atoms with E-state index in [-0.39, 0.29) is 12.1 Å². The van der Waals surface area contributed by atoms with Gasteiger partial charge < -0.3 is 14.6 Å². The summed E-state index contributed by atoms with van der Waals surface area (Å²) in [5.41, 5.74) is 0. The Kier molecular flexibility index (Phi) is 3.40. The summed E-state index contributed by atoms with van der Waals surface area (Å²) in [4.78, 5) is 5.69. The van der Waals surface area contributed by atoms with Crippen molar-refractivity contribution in [3.05, 3.63) is 34.1 Å². The van der Waals surface area contributed by atoms with E-state index in [1.165, 1.54) is 4.88 Å². The van der Waals surface area contributed by atoms with Gasteiger partial charge in [0.1, 0.15) is 0 Å². The molecular formula is C12H15N3O2S. The van der Waals surface area contributed by atoms with Gasteiger partial charge in [-0.05, 0) is 17.9 Å². The van der Waals surface area contributed by atoms with Crippen LogP contribution in [0.3, 0.4) is 0 Å². The largest absolute Gasteiger partial charge is 0.380 e. The van der Waals surface area contributed by atoms with Crippen LogP contribution >= 0.6 is 11.3 Å². The van der Waals surface area contributed by atoms with Gasteiger partial charge in [0.05, 0.1) is 12.1 Å². The van der Waals surface area contributed by atoms with E-state index in [1.807, 2.05) is 6.07 Å². The average molecular weight is 265 g/mol. The maximum absolute atomic E-state index is 5.32. The summed E-state index contributed by atoms with van der Waals surface area (Å²) in [6.07, 6.45) is 1.86. The molecule has 0 amide bonds. The predicted molar refractivity (Wildman–Crippen MR) is 67.6 cm³/mol. The van der Waals surface area contributed by atoms with Crippen LogP contribution in [0, 0.1) is 0 Å². The van der Waals surface area contributed by atoms with Crippen LogP contribution in [0.25, 0.3) is 0 Å². The fourth-order valence-electron chi connectivity index (χ4n) is 2.12. The Morgan fingerprint density at radius 3 is 3.28 bits per heavy atom. The Balaban J connectivity index is 1.66. The smallest absolute Gasteiger partial charge is 0.243 e. The molecule has 0 aromatic carbocycles. The first kappa shape index (κ1) is 11.8. The second-order valence-corrected chi connectivity index (χ2v) is 5.39. The van der Waals surface area contributed by atoms with Gasteiger partial charge in [-0.3, -0.25) is 0 Å². The Labute approximate surface area is 109 Å². The van der Waals surface area contributed by atoms with E-state index >= 15 is 0 Å². The van der Waals surface area contributed by atoms with E-state index in [0.717, 1.165) is 25.2 Å². The lowest BCUT2D eigenvalue weighted by Gasteiger charge is -2.04. The second-order valence-electron chi connectivity index (χ2n) is 4.36. The van der Waals surface area contributed by atoms with Gasteiger partial charge >= 0.3 is 0 Å². The first-order chi connectivity index (χ1) is 8.85. The molecule has 3 rings (SSSR count). The highest BCUT2D eigenvalue weighted by molar-refractivity contribution is 7.09. The molecule has 1 N–H and O–H groups in total. The zero-order valence-electron chi connectivity index (χ0n) is 10.1. The normalized spacial score (nSPS) is 23.6. The van der Waals surface area contributed by atoms with Crippen molar-refractivity contribution in [2.75, 3.05) is 13.7 Å². The van der Waals surface area contributed by atoms with Crippen LogP contribution in [0.1, 0.15) is 29.1 Å². The minimum Gasteiger partial charge on any atom is -0.380 e. The van der Waals surface area contributed by atoms with Gasteiger partial charge in [0.2, 0.25) is 5.89 Å². The number of hydrogen-bond donors (Lipinski definition) is 1. The number of hydrogen-bond acceptors (Lipinski definition) is 6. The quantitative estimate of drug-likeness (QED) is 0.913. The van der Waals surface area contributed by atoms with Gasteiger partial charge in [-0.2, -0.15) is 4.98 Å². The number of rotatable bonds is 4. The van der Waals surface area contributed by atoms with E-state index in [1.54, 1.807) is 18.4 Å². The van der Waals surface area contributed by atoms with Gasteiger partial charge in [-0.25, -0.2) is 0 Å². The molecule has 0 bridgehead atoms. The molecule has 2 aromatic rings. The van der Waals surface area contributed by atoms with Crippen LogP contribution in [0.2, 0.25) is 0 Å². The van der Waals surface area contributed by atoms with Gasteiger partial charge in [0.25, 0.3) is 0 Å². The molecule has 96 valence electrons. The third-order valence-electron chi connectivity index (χ3n) is 3.12. The average Bonchev–Trinajstić information content (AvgIpc) is 3.09. The van der Waals surface area contributed by atoms with Crippen LogP contribution in [0.5, 0.6) is 0 Å². The Bertz CT molecular complexity index is 497. The summed E-state index contributed by atoms with van der Waals surface area (Å²) >= 11 is 1.71. The van der Waals surface area contributed by atoms with Gasteiger partial charge in [0.15, 0.2) is 5.82 Å². The standard InChI is InChI=1S/C12H15N3O2S/c1-16-8-5-10(13-7-8)12-14-11(15-17-12)6-9-3-2-4-18-9/h2-4,8,10,13H,5-7H2,1H3. The third kappa shape index (κ3) is 2.45. The summed E-state index contributed by atoms with van der Waals surface area (Å²) < 4.78 is 10.6. The lowest BCUT2D eigenvalue weighted by atomic mass is 10.2. The number of ether oxygens (including phenoxy) is 1. The van der Waals surface area contributed by atoms with Crippen molar-refractivity contribution >= 4 is 11.3 Å². The fraction of sp³-hybridized carbons (Fsp3) is 0.500. The lowest BCUT2D eigenvalue weighted by Crippen LogP contribution is -2.16. The third-order valence-corrected chi connectivity index (χ3v) is 3.99. The van der Waals surface area contributed by atoms with Crippen LogP contribution in [0.4, 0.5) is 0 Å². The molecule has 0 saturated carbocycles. The summed E-state index contributed by atoms with van der Waals surface area (Å²) in [6.45, 7) is 0.837. The number of nitrogens with one attached hydrogen (secondary N) is 1. The maximum atomic E-state index is 5.32. The fourth-order valence-corrected chi connectivity index (χ4v) is 2.82. The van der Waals surface area contributed by atoms with Crippen molar-refractivity contribution in [1.29, 1.82) is 0 Å². The first-order valence-electron chi connectivity index (χ1n) is 5.96. The van der Waals surface area contributed by atoms with E-state index in [2.05, 4.69) is 26.9 Å². The van der Waals surface area contributed by atoms with Gasteiger partial charge in [-0.1, -0.05) is 11.2 Å². The Hall–Kier alpha value is -1.24. The lowest BCUT2D eigenvalue weighted by molar-refractivity contribution is 0.116. The Morgan fingerprint density at radius 1 is 1.61 bits per heavy atom. The SMILES string of the molecule is COC1CNC(c2nc(Cc3cccs3)no2)C1. The number of methoxy groups -OCH3 is 1. The van der Waals surface area contributed by atoms with Crippen LogP contribution < -0.4 is 5.32 Å². The van der Waals surface area contributed by atoms with E-state index in [0.29, 0.717) is 5.89 Å². The van der Waals surface area contributed by atoms with Crippen molar-refractivity contribution in [1.82, 2.24) is 15.5 Å². The molecule has 1 aliphatic heterocycles. The highest BCUT2D eigenvalue weighted by Gasteiger charge is 2.29. The zero-order chi connectivity index (χ0) is 12.4. The molecule has 2 unspecified atom stereocenters. The molecule has 1 fully saturated rings. The number of aromatic nitrogens is 2. The molecule has 0 aliphatic carbocycles. The zero-order valence-corrected chi connectivity index (χ0v) is 10.9. The molecule has 5 nitrogen and oxygen atoms in total.